The van der Waals surface area contributed by atoms with Gasteiger partial charge in [-0.1, -0.05) is 32.9 Å². The lowest BCUT2D eigenvalue weighted by Gasteiger charge is -2.27. The Morgan fingerprint density at radius 1 is 1.18 bits per heavy atom. The van der Waals surface area contributed by atoms with Crippen LogP contribution in [0.5, 0.6) is 5.75 Å². The maximum absolute atomic E-state index is 5.98. The molecular formula is C15H25NO. The molecule has 0 atom stereocenters. The molecule has 1 aromatic carbocycles. The third kappa shape index (κ3) is 4.78. The molecule has 0 aliphatic rings. The summed E-state index contributed by atoms with van der Waals surface area (Å²) in [6.07, 6.45) is 0. The lowest BCUT2D eigenvalue weighted by atomic mass is 10.0. The summed E-state index contributed by atoms with van der Waals surface area (Å²) < 4.78 is 5.98. The largest absolute Gasteiger partial charge is 0.487 e. The van der Waals surface area contributed by atoms with Crippen LogP contribution in [0.25, 0.3) is 0 Å². The number of nitrogens with one attached hydrogen (secondary N) is 1. The fourth-order valence-corrected chi connectivity index (χ4v) is 1.70. The van der Waals surface area contributed by atoms with Crippen LogP contribution in [0.2, 0.25) is 0 Å². The highest BCUT2D eigenvalue weighted by Gasteiger charge is 2.18. The van der Waals surface area contributed by atoms with E-state index in [2.05, 4.69) is 64.2 Å². The predicted octanol–water partition coefficient (Wildman–Crippen LogP) is 3.58. The first-order valence-corrected chi connectivity index (χ1v) is 6.44. The molecule has 0 spiro atoms. The van der Waals surface area contributed by atoms with Crippen molar-refractivity contribution < 1.29 is 4.74 Å². The van der Waals surface area contributed by atoms with Gasteiger partial charge in [0.1, 0.15) is 11.4 Å². The molecule has 0 radical (unpaired) electrons. The summed E-state index contributed by atoms with van der Waals surface area (Å²) in [4.78, 5) is 0. The van der Waals surface area contributed by atoms with E-state index in [9.17, 15) is 0 Å². The van der Waals surface area contributed by atoms with Crippen molar-refractivity contribution in [3.63, 3.8) is 0 Å². The van der Waals surface area contributed by atoms with Crippen molar-refractivity contribution in [2.24, 2.45) is 0 Å². The van der Waals surface area contributed by atoms with Crippen LogP contribution in [-0.2, 0) is 0 Å². The van der Waals surface area contributed by atoms with Crippen LogP contribution in [0, 0.1) is 0 Å². The molecule has 0 fully saturated rings. The summed E-state index contributed by atoms with van der Waals surface area (Å²) in [5, 5.41) is 3.31. The van der Waals surface area contributed by atoms with Gasteiger partial charge in [-0.05, 0) is 44.0 Å². The molecular weight excluding hydrogens is 210 g/mol. The van der Waals surface area contributed by atoms with Gasteiger partial charge in [0.15, 0.2) is 0 Å². The van der Waals surface area contributed by atoms with E-state index in [1.165, 1.54) is 5.56 Å². The molecule has 0 saturated heterocycles. The lowest BCUT2D eigenvalue weighted by Crippen LogP contribution is -2.40. The van der Waals surface area contributed by atoms with Crippen molar-refractivity contribution in [3.05, 3.63) is 29.8 Å². The summed E-state index contributed by atoms with van der Waals surface area (Å²) in [5.74, 6) is 1.51. The van der Waals surface area contributed by atoms with Gasteiger partial charge in [-0.25, -0.2) is 0 Å². The molecule has 1 N–H and O–H groups in total. The Balaban J connectivity index is 2.62. The second-order valence-electron chi connectivity index (χ2n) is 5.37. The van der Waals surface area contributed by atoms with Crippen molar-refractivity contribution >= 4 is 0 Å². The third-order valence-electron chi connectivity index (χ3n) is 2.74. The average molecular weight is 235 g/mol. The van der Waals surface area contributed by atoms with E-state index in [-0.39, 0.29) is 5.60 Å². The van der Waals surface area contributed by atoms with Crippen molar-refractivity contribution in [3.8, 4) is 5.75 Å². The van der Waals surface area contributed by atoms with E-state index < -0.39 is 0 Å². The van der Waals surface area contributed by atoms with Gasteiger partial charge in [0.2, 0.25) is 0 Å². The second-order valence-corrected chi connectivity index (χ2v) is 5.37. The molecule has 17 heavy (non-hydrogen) atoms. The van der Waals surface area contributed by atoms with Crippen molar-refractivity contribution in [2.45, 2.75) is 46.1 Å². The number of hydrogen-bond donors (Lipinski definition) is 1. The van der Waals surface area contributed by atoms with E-state index in [0.717, 1.165) is 18.8 Å². The summed E-state index contributed by atoms with van der Waals surface area (Å²) in [6, 6.07) is 8.40. The molecule has 2 heteroatoms. The molecule has 0 amide bonds. The van der Waals surface area contributed by atoms with Gasteiger partial charge in [0.05, 0.1) is 0 Å². The molecule has 1 aromatic rings. The van der Waals surface area contributed by atoms with Crippen LogP contribution in [-0.4, -0.2) is 18.7 Å². The van der Waals surface area contributed by atoms with Gasteiger partial charge in [-0.15, -0.1) is 0 Å². The summed E-state index contributed by atoms with van der Waals surface area (Å²) >= 11 is 0. The van der Waals surface area contributed by atoms with E-state index in [0.29, 0.717) is 5.92 Å². The normalized spacial score (nSPS) is 11.9. The van der Waals surface area contributed by atoms with Crippen LogP contribution in [0.1, 0.15) is 46.1 Å². The van der Waals surface area contributed by atoms with Crippen LogP contribution in [0.4, 0.5) is 0 Å². The highest BCUT2D eigenvalue weighted by atomic mass is 16.5. The zero-order valence-electron chi connectivity index (χ0n) is 11.7. The number of ether oxygens (including phenoxy) is 1. The van der Waals surface area contributed by atoms with Crippen LogP contribution in [0.15, 0.2) is 24.3 Å². The van der Waals surface area contributed by atoms with E-state index in [1.807, 2.05) is 0 Å². The number of rotatable bonds is 6. The first-order valence-electron chi connectivity index (χ1n) is 6.44. The summed E-state index contributed by atoms with van der Waals surface area (Å²) in [5.41, 5.74) is 1.18. The molecule has 96 valence electrons. The molecule has 0 heterocycles. The van der Waals surface area contributed by atoms with Gasteiger partial charge in [-0.2, -0.15) is 0 Å². The minimum atomic E-state index is -0.171. The zero-order valence-corrected chi connectivity index (χ0v) is 11.7. The molecule has 0 saturated carbocycles. The number of hydrogen-bond acceptors (Lipinski definition) is 2. The first kappa shape index (κ1) is 14.0. The maximum atomic E-state index is 5.98. The minimum absolute atomic E-state index is 0.171. The fraction of sp³-hybridized carbons (Fsp3) is 0.600. The molecule has 1 rings (SSSR count). The fourth-order valence-electron chi connectivity index (χ4n) is 1.70. The molecule has 0 unspecified atom stereocenters. The quantitative estimate of drug-likeness (QED) is 0.813. The van der Waals surface area contributed by atoms with Crippen molar-refractivity contribution in [1.82, 2.24) is 5.32 Å². The van der Waals surface area contributed by atoms with Gasteiger partial charge in [0.25, 0.3) is 0 Å². The summed E-state index contributed by atoms with van der Waals surface area (Å²) in [7, 11) is 0. The second kappa shape index (κ2) is 6.06. The highest BCUT2D eigenvalue weighted by molar-refractivity contribution is 5.29. The van der Waals surface area contributed by atoms with Crippen LogP contribution >= 0.6 is 0 Å². The number of benzene rings is 1. The molecule has 0 aliphatic carbocycles. The standard InChI is InChI=1S/C15H25NO/c1-6-16-11-15(4,5)17-14-9-7-13(8-10-14)12(2)3/h7-10,12,16H,6,11H2,1-5H3. The Morgan fingerprint density at radius 3 is 2.24 bits per heavy atom. The molecule has 0 aliphatic heterocycles. The highest BCUT2D eigenvalue weighted by Crippen LogP contribution is 2.21. The Labute approximate surface area is 105 Å². The molecule has 0 aromatic heterocycles. The van der Waals surface area contributed by atoms with Crippen molar-refractivity contribution in [2.75, 3.05) is 13.1 Å². The molecule has 0 bridgehead atoms. The SMILES string of the molecule is CCNCC(C)(C)Oc1ccc(C(C)C)cc1. The van der Waals surface area contributed by atoms with Gasteiger partial charge < -0.3 is 10.1 Å². The van der Waals surface area contributed by atoms with E-state index in [4.69, 9.17) is 4.74 Å². The van der Waals surface area contributed by atoms with E-state index >= 15 is 0 Å². The topological polar surface area (TPSA) is 21.3 Å². The average Bonchev–Trinajstić information content (AvgIpc) is 2.26. The summed E-state index contributed by atoms with van der Waals surface area (Å²) in [6.45, 7) is 12.5. The monoisotopic (exact) mass is 235 g/mol. The lowest BCUT2D eigenvalue weighted by molar-refractivity contribution is 0.109. The zero-order chi connectivity index (χ0) is 12.9. The number of likely N-dealkylation sites (N-methyl/N-ethyl adjacent to an activating group) is 1. The minimum Gasteiger partial charge on any atom is -0.487 e. The Kier molecular flexibility index (Phi) is 5.01. The first-order chi connectivity index (χ1) is 7.94. The van der Waals surface area contributed by atoms with Crippen LogP contribution < -0.4 is 10.1 Å². The maximum Gasteiger partial charge on any atom is 0.120 e. The molecule has 2 nitrogen and oxygen atoms in total. The smallest absolute Gasteiger partial charge is 0.120 e. The van der Waals surface area contributed by atoms with Gasteiger partial charge in [-0.3, -0.25) is 0 Å². The Morgan fingerprint density at radius 2 is 1.76 bits per heavy atom. The third-order valence-corrected chi connectivity index (χ3v) is 2.74. The Hall–Kier alpha value is -1.02. The van der Waals surface area contributed by atoms with Gasteiger partial charge in [0, 0.05) is 6.54 Å². The van der Waals surface area contributed by atoms with Crippen molar-refractivity contribution in [1.29, 1.82) is 0 Å². The van der Waals surface area contributed by atoms with E-state index in [1.54, 1.807) is 0 Å². The Bertz CT molecular complexity index is 327. The predicted molar refractivity (Wildman–Crippen MR) is 73.8 cm³/mol. The van der Waals surface area contributed by atoms with Gasteiger partial charge >= 0.3 is 0 Å². The van der Waals surface area contributed by atoms with Crippen LogP contribution in [0.3, 0.4) is 0 Å².